The maximum atomic E-state index is 11.2. The molecule has 0 saturated heterocycles. The molecule has 0 atom stereocenters. The van der Waals surface area contributed by atoms with E-state index in [4.69, 9.17) is 15.4 Å². The zero-order chi connectivity index (χ0) is 14.0. The van der Waals surface area contributed by atoms with Crippen LogP contribution in [0.25, 0.3) is 11.1 Å². The number of aromatic hydroxyl groups is 1. The summed E-state index contributed by atoms with van der Waals surface area (Å²) in [6.07, 6.45) is 0. The predicted octanol–water partition coefficient (Wildman–Crippen LogP) is 3.00. The van der Waals surface area contributed by atoms with Crippen LogP contribution >= 0.6 is 10.7 Å². The standard InChI is InChI=1S/C13H11ClO4S/c1-18-13-5-3-2-4-11(13)10-7-6-9(8-12(10)15)19(14,16)17/h2-8,15H,1H3. The van der Waals surface area contributed by atoms with E-state index in [9.17, 15) is 13.5 Å². The minimum atomic E-state index is -3.86. The number of ether oxygens (including phenoxy) is 1. The summed E-state index contributed by atoms with van der Waals surface area (Å²) in [6, 6.07) is 11.1. The Morgan fingerprint density at radius 2 is 1.79 bits per heavy atom. The second kappa shape index (κ2) is 5.11. The molecule has 19 heavy (non-hydrogen) atoms. The lowest BCUT2D eigenvalue weighted by molar-refractivity contribution is 0.415. The molecule has 0 radical (unpaired) electrons. The summed E-state index contributed by atoms with van der Waals surface area (Å²) in [5.41, 5.74) is 1.14. The number of benzene rings is 2. The van der Waals surface area contributed by atoms with Crippen molar-refractivity contribution < 1.29 is 18.3 Å². The van der Waals surface area contributed by atoms with Gasteiger partial charge in [0.15, 0.2) is 0 Å². The molecule has 0 saturated carbocycles. The minimum absolute atomic E-state index is 0.148. The highest BCUT2D eigenvalue weighted by atomic mass is 35.7. The van der Waals surface area contributed by atoms with Gasteiger partial charge in [0, 0.05) is 27.9 Å². The topological polar surface area (TPSA) is 63.6 Å². The van der Waals surface area contributed by atoms with Crippen LogP contribution in [0.4, 0.5) is 0 Å². The number of methoxy groups -OCH3 is 1. The Morgan fingerprint density at radius 3 is 2.37 bits per heavy atom. The zero-order valence-electron chi connectivity index (χ0n) is 10.00. The molecule has 2 aromatic rings. The summed E-state index contributed by atoms with van der Waals surface area (Å²) in [5, 5.41) is 9.95. The zero-order valence-corrected chi connectivity index (χ0v) is 11.6. The Kier molecular flexibility index (Phi) is 3.68. The van der Waals surface area contributed by atoms with E-state index < -0.39 is 9.05 Å². The van der Waals surface area contributed by atoms with Crippen molar-refractivity contribution in [2.45, 2.75) is 4.90 Å². The molecule has 0 spiro atoms. The van der Waals surface area contributed by atoms with Crippen LogP contribution in [0.15, 0.2) is 47.4 Å². The van der Waals surface area contributed by atoms with Gasteiger partial charge in [-0.05, 0) is 18.2 Å². The molecule has 0 amide bonds. The Labute approximate surface area is 115 Å². The summed E-state index contributed by atoms with van der Waals surface area (Å²) < 4.78 is 27.6. The van der Waals surface area contributed by atoms with Crippen molar-refractivity contribution in [1.29, 1.82) is 0 Å². The van der Waals surface area contributed by atoms with Crippen molar-refractivity contribution in [3.63, 3.8) is 0 Å². The number of halogens is 1. The van der Waals surface area contributed by atoms with Crippen molar-refractivity contribution in [3.05, 3.63) is 42.5 Å². The molecular weight excluding hydrogens is 288 g/mol. The van der Waals surface area contributed by atoms with E-state index >= 15 is 0 Å². The van der Waals surface area contributed by atoms with Crippen LogP contribution in [0.2, 0.25) is 0 Å². The molecule has 0 bridgehead atoms. The second-order valence-corrected chi connectivity index (χ2v) is 6.38. The van der Waals surface area contributed by atoms with Gasteiger partial charge in [0.1, 0.15) is 11.5 Å². The maximum Gasteiger partial charge on any atom is 0.261 e. The highest BCUT2D eigenvalue weighted by molar-refractivity contribution is 8.13. The van der Waals surface area contributed by atoms with Crippen molar-refractivity contribution in [2.75, 3.05) is 7.11 Å². The molecule has 0 heterocycles. The van der Waals surface area contributed by atoms with Gasteiger partial charge in [0.05, 0.1) is 12.0 Å². The average molecular weight is 299 g/mol. The summed E-state index contributed by atoms with van der Waals surface area (Å²) in [4.78, 5) is -0.148. The monoisotopic (exact) mass is 298 g/mol. The number of para-hydroxylation sites is 1. The normalized spacial score (nSPS) is 11.3. The first-order valence-corrected chi connectivity index (χ1v) is 7.65. The molecule has 0 aromatic heterocycles. The van der Waals surface area contributed by atoms with E-state index in [0.717, 1.165) is 6.07 Å². The SMILES string of the molecule is COc1ccccc1-c1ccc(S(=O)(=O)Cl)cc1O. The maximum absolute atomic E-state index is 11.2. The van der Waals surface area contributed by atoms with Crippen molar-refractivity contribution in [2.24, 2.45) is 0 Å². The number of hydrogen-bond acceptors (Lipinski definition) is 4. The Morgan fingerprint density at radius 1 is 1.11 bits per heavy atom. The number of phenolic OH excluding ortho intramolecular Hbond substituents is 1. The third-order valence-corrected chi connectivity index (χ3v) is 4.00. The fourth-order valence-electron chi connectivity index (χ4n) is 1.76. The van der Waals surface area contributed by atoms with Gasteiger partial charge >= 0.3 is 0 Å². The van der Waals surface area contributed by atoms with Crippen LogP contribution in [-0.2, 0) is 9.05 Å². The molecule has 0 unspecified atom stereocenters. The number of rotatable bonds is 3. The molecule has 0 fully saturated rings. The molecule has 1 N–H and O–H groups in total. The summed E-state index contributed by atoms with van der Waals surface area (Å²) >= 11 is 0. The number of phenols is 1. The van der Waals surface area contributed by atoms with Crippen LogP contribution in [0.1, 0.15) is 0 Å². The fourth-order valence-corrected chi connectivity index (χ4v) is 2.53. The van der Waals surface area contributed by atoms with E-state index in [0.29, 0.717) is 16.9 Å². The van der Waals surface area contributed by atoms with Crippen LogP contribution in [-0.4, -0.2) is 20.6 Å². The molecule has 2 aromatic carbocycles. The quantitative estimate of drug-likeness (QED) is 0.885. The molecule has 6 heteroatoms. The first-order valence-electron chi connectivity index (χ1n) is 5.34. The van der Waals surface area contributed by atoms with Crippen molar-refractivity contribution >= 4 is 19.7 Å². The van der Waals surface area contributed by atoms with Gasteiger partial charge in [0.25, 0.3) is 9.05 Å². The fraction of sp³-hybridized carbons (Fsp3) is 0.0769. The van der Waals surface area contributed by atoms with E-state index in [2.05, 4.69) is 0 Å². The van der Waals surface area contributed by atoms with Gasteiger partial charge in [-0.3, -0.25) is 0 Å². The summed E-state index contributed by atoms with van der Waals surface area (Å²) in [7, 11) is 2.89. The Balaban J connectivity index is 2.59. The van der Waals surface area contributed by atoms with Crippen LogP contribution in [0.3, 0.4) is 0 Å². The lowest BCUT2D eigenvalue weighted by Gasteiger charge is -2.10. The molecular formula is C13H11ClO4S. The summed E-state index contributed by atoms with van der Waals surface area (Å²) in [5.74, 6) is 0.408. The van der Waals surface area contributed by atoms with Gasteiger partial charge < -0.3 is 9.84 Å². The second-order valence-electron chi connectivity index (χ2n) is 3.82. The third kappa shape index (κ3) is 2.83. The van der Waals surface area contributed by atoms with Crippen LogP contribution in [0, 0.1) is 0 Å². The van der Waals surface area contributed by atoms with E-state index in [1.165, 1.54) is 19.2 Å². The summed E-state index contributed by atoms with van der Waals surface area (Å²) in [6.45, 7) is 0. The Bertz CT molecular complexity index is 710. The molecule has 0 aliphatic carbocycles. The van der Waals surface area contributed by atoms with Crippen LogP contribution in [0.5, 0.6) is 11.5 Å². The minimum Gasteiger partial charge on any atom is -0.507 e. The van der Waals surface area contributed by atoms with Gasteiger partial charge in [-0.25, -0.2) is 8.42 Å². The average Bonchev–Trinajstić information content (AvgIpc) is 2.37. The first-order chi connectivity index (χ1) is 8.93. The largest absolute Gasteiger partial charge is 0.507 e. The molecule has 4 nitrogen and oxygen atoms in total. The molecule has 0 aliphatic rings. The smallest absolute Gasteiger partial charge is 0.261 e. The first kappa shape index (κ1) is 13.7. The third-order valence-electron chi connectivity index (χ3n) is 2.65. The van der Waals surface area contributed by atoms with E-state index in [-0.39, 0.29) is 10.6 Å². The van der Waals surface area contributed by atoms with Crippen LogP contribution < -0.4 is 4.74 Å². The van der Waals surface area contributed by atoms with Gasteiger partial charge in [0.2, 0.25) is 0 Å². The molecule has 2 rings (SSSR count). The Hall–Kier alpha value is -1.72. The van der Waals surface area contributed by atoms with E-state index in [1.54, 1.807) is 24.3 Å². The number of hydrogen-bond donors (Lipinski definition) is 1. The molecule has 100 valence electrons. The highest BCUT2D eigenvalue weighted by Crippen LogP contribution is 2.37. The van der Waals surface area contributed by atoms with E-state index in [1.807, 2.05) is 0 Å². The van der Waals surface area contributed by atoms with Crippen molar-refractivity contribution in [1.82, 2.24) is 0 Å². The molecule has 0 aliphatic heterocycles. The van der Waals surface area contributed by atoms with Gasteiger partial charge in [-0.2, -0.15) is 0 Å². The predicted molar refractivity (Wildman–Crippen MR) is 73.1 cm³/mol. The van der Waals surface area contributed by atoms with Gasteiger partial charge in [-0.15, -0.1) is 0 Å². The van der Waals surface area contributed by atoms with Crippen molar-refractivity contribution in [3.8, 4) is 22.6 Å². The lowest BCUT2D eigenvalue weighted by Crippen LogP contribution is -1.92. The highest BCUT2D eigenvalue weighted by Gasteiger charge is 2.15. The lowest BCUT2D eigenvalue weighted by atomic mass is 10.0. The van der Waals surface area contributed by atoms with Gasteiger partial charge in [-0.1, -0.05) is 18.2 Å².